The molecule has 0 saturated carbocycles. The van der Waals surface area contributed by atoms with Crippen LogP contribution >= 0.6 is 0 Å². The second kappa shape index (κ2) is 7.61. The molecule has 0 bridgehead atoms. The van der Waals surface area contributed by atoms with Gasteiger partial charge in [0, 0.05) is 12.1 Å². The number of halogens is 3. The standard InChI is InChI=1S/C20H20F3NO4/c1-12-16-11-18(27-3)17(26-2)10-14(16)8-9-24(12)19(25)13-4-6-15(7-5-13)28-20(21,22)23/h4-7,10-12H,8-9H2,1-3H3/t12-/m0/s1. The van der Waals surface area contributed by atoms with Crippen molar-refractivity contribution >= 4 is 5.91 Å². The van der Waals surface area contributed by atoms with Crippen molar-refractivity contribution in [3.05, 3.63) is 53.1 Å². The highest BCUT2D eigenvalue weighted by atomic mass is 19.4. The number of carbonyl (C=O) groups is 1. The summed E-state index contributed by atoms with van der Waals surface area (Å²) < 4.78 is 51.4. The van der Waals surface area contributed by atoms with Crippen LogP contribution in [0.3, 0.4) is 0 Å². The maximum Gasteiger partial charge on any atom is 0.573 e. The van der Waals surface area contributed by atoms with Crippen molar-refractivity contribution in [3.8, 4) is 17.2 Å². The molecule has 0 radical (unpaired) electrons. The Hall–Kier alpha value is -2.90. The Kier molecular flexibility index (Phi) is 5.40. The lowest BCUT2D eigenvalue weighted by Gasteiger charge is -2.36. The molecule has 0 aromatic heterocycles. The summed E-state index contributed by atoms with van der Waals surface area (Å²) >= 11 is 0. The van der Waals surface area contributed by atoms with Crippen molar-refractivity contribution < 1.29 is 32.2 Å². The van der Waals surface area contributed by atoms with Gasteiger partial charge < -0.3 is 19.1 Å². The molecule has 1 amide bonds. The number of fused-ring (bicyclic) bond motifs is 1. The number of hydrogen-bond acceptors (Lipinski definition) is 4. The zero-order valence-electron chi connectivity index (χ0n) is 15.7. The van der Waals surface area contributed by atoms with Gasteiger partial charge in [0.15, 0.2) is 11.5 Å². The first-order chi connectivity index (χ1) is 13.2. The number of nitrogens with zero attached hydrogens (tertiary/aromatic N) is 1. The van der Waals surface area contributed by atoms with Gasteiger partial charge in [-0.1, -0.05) is 0 Å². The van der Waals surface area contributed by atoms with E-state index in [9.17, 15) is 18.0 Å². The van der Waals surface area contributed by atoms with Crippen LogP contribution in [0.15, 0.2) is 36.4 Å². The first kappa shape index (κ1) is 19.9. The highest BCUT2D eigenvalue weighted by Crippen LogP contribution is 2.38. The smallest absolute Gasteiger partial charge is 0.493 e. The van der Waals surface area contributed by atoms with E-state index in [0.717, 1.165) is 23.3 Å². The van der Waals surface area contributed by atoms with E-state index in [0.29, 0.717) is 30.0 Å². The number of alkyl halides is 3. The number of methoxy groups -OCH3 is 2. The zero-order valence-corrected chi connectivity index (χ0v) is 15.7. The molecular weight excluding hydrogens is 375 g/mol. The molecule has 0 spiro atoms. The van der Waals surface area contributed by atoms with Gasteiger partial charge in [0.1, 0.15) is 5.75 Å². The summed E-state index contributed by atoms with van der Waals surface area (Å²) in [6.45, 7) is 2.40. The van der Waals surface area contributed by atoms with E-state index in [-0.39, 0.29) is 17.7 Å². The molecule has 1 aliphatic heterocycles. The van der Waals surface area contributed by atoms with Gasteiger partial charge in [0.2, 0.25) is 0 Å². The van der Waals surface area contributed by atoms with Crippen LogP contribution < -0.4 is 14.2 Å². The number of hydrogen-bond donors (Lipinski definition) is 0. The summed E-state index contributed by atoms with van der Waals surface area (Å²) in [5, 5.41) is 0. The van der Waals surface area contributed by atoms with E-state index >= 15 is 0 Å². The highest BCUT2D eigenvalue weighted by molar-refractivity contribution is 5.94. The predicted molar refractivity (Wildman–Crippen MR) is 95.8 cm³/mol. The van der Waals surface area contributed by atoms with Crippen molar-refractivity contribution in [1.29, 1.82) is 0 Å². The van der Waals surface area contributed by atoms with Crippen LogP contribution in [-0.4, -0.2) is 37.9 Å². The van der Waals surface area contributed by atoms with E-state index in [4.69, 9.17) is 9.47 Å². The molecule has 0 unspecified atom stereocenters. The normalized spacial score (nSPS) is 16.4. The molecular formula is C20H20F3NO4. The van der Waals surface area contributed by atoms with Crippen LogP contribution in [0.25, 0.3) is 0 Å². The van der Waals surface area contributed by atoms with E-state index < -0.39 is 6.36 Å². The SMILES string of the molecule is COc1cc2c(cc1OC)[C@H](C)N(C(=O)c1ccc(OC(F)(F)F)cc1)CC2. The van der Waals surface area contributed by atoms with E-state index in [1.54, 1.807) is 19.1 Å². The molecule has 0 N–H and O–H groups in total. The second-order valence-electron chi connectivity index (χ2n) is 6.40. The molecule has 3 rings (SSSR count). The lowest BCUT2D eigenvalue weighted by Crippen LogP contribution is -2.38. The maximum atomic E-state index is 12.9. The van der Waals surface area contributed by atoms with Gasteiger partial charge in [0.05, 0.1) is 20.3 Å². The average molecular weight is 395 g/mol. The Morgan fingerprint density at radius 2 is 1.68 bits per heavy atom. The number of benzene rings is 2. The van der Waals surface area contributed by atoms with Crippen molar-refractivity contribution in [3.63, 3.8) is 0 Å². The summed E-state index contributed by atoms with van der Waals surface area (Å²) in [7, 11) is 3.11. The molecule has 0 fully saturated rings. The van der Waals surface area contributed by atoms with Crippen LogP contribution in [0.2, 0.25) is 0 Å². The first-order valence-electron chi connectivity index (χ1n) is 8.65. The predicted octanol–water partition coefficient (Wildman–Crippen LogP) is 4.36. The number of amides is 1. The molecule has 1 aliphatic rings. The van der Waals surface area contributed by atoms with Gasteiger partial charge in [0.25, 0.3) is 5.91 Å². The van der Waals surface area contributed by atoms with Crippen LogP contribution in [0, 0.1) is 0 Å². The largest absolute Gasteiger partial charge is 0.573 e. The number of ether oxygens (including phenoxy) is 3. The van der Waals surface area contributed by atoms with Crippen molar-refractivity contribution in [2.24, 2.45) is 0 Å². The minimum atomic E-state index is -4.77. The Morgan fingerprint density at radius 3 is 2.25 bits per heavy atom. The van der Waals surface area contributed by atoms with Crippen LogP contribution in [0.1, 0.15) is 34.5 Å². The Balaban J connectivity index is 1.82. The highest BCUT2D eigenvalue weighted by Gasteiger charge is 2.32. The van der Waals surface area contributed by atoms with Crippen LogP contribution in [0.4, 0.5) is 13.2 Å². The average Bonchev–Trinajstić information content (AvgIpc) is 2.66. The lowest BCUT2D eigenvalue weighted by atomic mass is 9.92. The Bertz CT molecular complexity index is 865. The van der Waals surface area contributed by atoms with Gasteiger partial charge in [-0.15, -0.1) is 13.2 Å². The molecule has 1 heterocycles. The molecule has 28 heavy (non-hydrogen) atoms. The van der Waals surface area contributed by atoms with Crippen molar-refractivity contribution in [2.75, 3.05) is 20.8 Å². The molecule has 0 saturated heterocycles. The van der Waals surface area contributed by atoms with E-state index in [1.165, 1.54) is 12.1 Å². The summed E-state index contributed by atoms with van der Waals surface area (Å²) in [5.41, 5.74) is 2.32. The quantitative estimate of drug-likeness (QED) is 0.772. The minimum absolute atomic E-state index is 0.220. The summed E-state index contributed by atoms with van der Waals surface area (Å²) in [6.07, 6.45) is -4.13. The minimum Gasteiger partial charge on any atom is -0.493 e. The molecule has 2 aromatic carbocycles. The molecule has 2 aromatic rings. The fourth-order valence-electron chi connectivity index (χ4n) is 3.39. The van der Waals surface area contributed by atoms with Crippen LogP contribution in [-0.2, 0) is 6.42 Å². The molecule has 150 valence electrons. The van der Waals surface area contributed by atoms with Gasteiger partial charge in [-0.05, 0) is 60.9 Å². The Labute approximate surface area is 160 Å². The van der Waals surface area contributed by atoms with Gasteiger partial charge in [-0.25, -0.2) is 0 Å². The zero-order chi connectivity index (χ0) is 20.5. The summed E-state index contributed by atoms with van der Waals surface area (Å²) in [4.78, 5) is 14.6. The van der Waals surface area contributed by atoms with E-state index in [1.807, 2.05) is 19.1 Å². The summed E-state index contributed by atoms with van der Waals surface area (Å²) in [5.74, 6) is 0.592. The Morgan fingerprint density at radius 1 is 1.07 bits per heavy atom. The van der Waals surface area contributed by atoms with Gasteiger partial charge in [-0.3, -0.25) is 4.79 Å². The van der Waals surface area contributed by atoms with Crippen LogP contribution in [0.5, 0.6) is 17.2 Å². The number of carbonyl (C=O) groups excluding carboxylic acids is 1. The lowest BCUT2D eigenvalue weighted by molar-refractivity contribution is -0.274. The third-order valence-corrected chi connectivity index (χ3v) is 4.78. The fourth-order valence-corrected chi connectivity index (χ4v) is 3.39. The van der Waals surface area contributed by atoms with E-state index in [2.05, 4.69) is 4.74 Å². The second-order valence-corrected chi connectivity index (χ2v) is 6.40. The third kappa shape index (κ3) is 4.00. The third-order valence-electron chi connectivity index (χ3n) is 4.78. The van der Waals surface area contributed by atoms with Gasteiger partial charge in [-0.2, -0.15) is 0 Å². The molecule has 1 atom stereocenters. The monoisotopic (exact) mass is 395 g/mol. The topological polar surface area (TPSA) is 48.0 Å². The van der Waals surface area contributed by atoms with Gasteiger partial charge >= 0.3 is 6.36 Å². The number of rotatable bonds is 4. The molecule has 0 aliphatic carbocycles. The van der Waals surface area contributed by atoms with Crippen molar-refractivity contribution in [2.45, 2.75) is 25.7 Å². The maximum absolute atomic E-state index is 12.9. The fraction of sp³-hybridized carbons (Fsp3) is 0.350. The van der Waals surface area contributed by atoms with Crippen molar-refractivity contribution in [1.82, 2.24) is 4.90 Å². The first-order valence-corrected chi connectivity index (χ1v) is 8.65. The molecule has 8 heteroatoms. The summed E-state index contributed by atoms with van der Waals surface area (Å²) in [6, 6.07) is 8.49. The molecule has 5 nitrogen and oxygen atoms in total.